The largest absolute Gasteiger partial charge is 0.390 e. The van der Waals surface area contributed by atoms with Crippen molar-refractivity contribution in [3.63, 3.8) is 0 Å². The minimum Gasteiger partial charge on any atom is -0.390 e. The molecule has 5 aliphatic carbocycles. The zero-order valence-corrected chi connectivity index (χ0v) is 31.0. The van der Waals surface area contributed by atoms with E-state index in [1.807, 2.05) is 11.9 Å². The standard InChI is InChI=1S/C39H61N3O7/c1-22-19-23(30(43)35(4,5)46)48-29-28(22)36(6)13-14-39-21-38(39)12-11-26(34(2,3)24(38)9-10-25(39)37(36,7)31(29)44)49-27-20-42(17-18-47-27)33(45)32-40-15-16-41(32)8/h15-16,22-31,43-44,46H,9-14,17-21H2,1-8H3/t22-,23?,24+,25?,26?,27+,28+,29?,30?,31+,36?,37-,38?,39?/m1/s1. The van der Waals surface area contributed by atoms with Gasteiger partial charge in [0.1, 0.15) is 6.10 Å². The van der Waals surface area contributed by atoms with Gasteiger partial charge in [-0.05, 0) is 111 Å². The molecular formula is C39H61N3O7. The first-order valence-corrected chi connectivity index (χ1v) is 19.2. The SMILES string of the molecule is C[C@@H]1CC(C(O)C(C)(C)O)OC2[C@H]1C1(C)CCC34CC35CCC(O[C@H]3CN(C(=O)c6nccn6C)CCO3)C(C)(C)[C@@H]5CCC4[C@]1(C)[C@H]2O. The smallest absolute Gasteiger partial charge is 0.290 e. The average molecular weight is 684 g/mol. The monoisotopic (exact) mass is 683 g/mol. The second-order valence-electron chi connectivity index (χ2n) is 19.2. The van der Waals surface area contributed by atoms with Gasteiger partial charge in [0.25, 0.3) is 5.91 Å². The van der Waals surface area contributed by atoms with E-state index in [9.17, 15) is 20.1 Å². The molecule has 10 nitrogen and oxygen atoms in total. The number of ether oxygens (including phenoxy) is 3. The minimum absolute atomic E-state index is 0.0447. The van der Waals surface area contributed by atoms with Crippen molar-refractivity contribution < 1.29 is 34.3 Å². The highest BCUT2D eigenvalue weighted by atomic mass is 16.7. The Bertz CT molecular complexity index is 1470. The van der Waals surface area contributed by atoms with Crippen molar-refractivity contribution >= 4 is 5.91 Å². The van der Waals surface area contributed by atoms with Crippen molar-refractivity contribution in [1.82, 2.24) is 14.5 Å². The maximum absolute atomic E-state index is 13.2. The summed E-state index contributed by atoms with van der Waals surface area (Å²) in [7, 11) is 1.84. The average Bonchev–Trinajstić information content (AvgIpc) is 3.45. The van der Waals surface area contributed by atoms with E-state index in [-0.39, 0.29) is 57.0 Å². The lowest BCUT2D eigenvalue weighted by Crippen LogP contribution is -2.60. The third kappa shape index (κ3) is 4.52. The maximum atomic E-state index is 13.2. The molecule has 0 aromatic carbocycles. The molecule has 274 valence electrons. The summed E-state index contributed by atoms with van der Waals surface area (Å²) < 4.78 is 21.4. The summed E-state index contributed by atoms with van der Waals surface area (Å²) in [6.07, 6.45) is 9.19. The quantitative estimate of drug-likeness (QED) is 0.413. The summed E-state index contributed by atoms with van der Waals surface area (Å²) in [5, 5.41) is 34.2. The Kier molecular flexibility index (Phi) is 7.74. The van der Waals surface area contributed by atoms with Crippen LogP contribution in [0.25, 0.3) is 0 Å². The second kappa shape index (κ2) is 11.0. The number of fused-ring (bicyclic) bond motifs is 4. The van der Waals surface area contributed by atoms with Crippen LogP contribution >= 0.6 is 0 Å². The molecule has 3 heterocycles. The van der Waals surface area contributed by atoms with Crippen molar-refractivity contribution in [2.45, 2.75) is 142 Å². The van der Waals surface area contributed by atoms with E-state index < -0.39 is 30.2 Å². The van der Waals surface area contributed by atoms with Crippen LogP contribution < -0.4 is 0 Å². The number of nitrogens with zero attached hydrogens (tertiary/aromatic N) is 3. The zero-order valence-electron chi connectivity index (χ0n) is 31.0. The van der Waals surface area contributed by atoms with Gasteiger partial charge in [-0.1, -0.05) is 34.6 Å². The normalized spacial score (nSPS) is 49.2. The van der Waals surface area contributed by atoms with Gasteiger partial charge in [-0.3, -0.25) is 4.79 Å². The van der Waals surface area contributed by atoms with Crippen LogP contribution in [0.15, 0.2) is 12.4 Å². The van der Waals surface area contributed by atoms with Gasteiger partial charge in [0.15, 0.2) is 12.1 Å². The second-order valence-corrected chi connectivity index (χ2v) is 19.2. The molecular weight excluding hydrogens is 622 g/mol. The number of hydrogen-bond acceptors (Lipinski definition) is 8. The van der Waals surface area contributed by atoms with Gasteiger partial charge in [0.2, 0.25) is 0 Å². The number of imidazole rings is 1. The summed E-state index contributed by atoms with van der Waals surface area (Å²) in [6.45, 7) is 16.6. The van der Waals surface area contributed by atoms with Crippen LogP contribution in [0.5, 0.6) is 0 Å². The Morgan fingerprint density at radius 2 is 1.82 bits per heavy atom. The fourth-order valence-electron chi connectivity index (χ4n) is 14.0. The Balaban J connectivity index is 1.01. The van der Waals surface area contributed by atoms with Crippen LogP contribution in [-0.4, -0.2) is 97.8 Å². The van der Waals surface area contributed by atoms with Gasteiger partial charge in [0, 0.05) is 31.4 Å². The van der Waals surface area contributed by atoms with Gasteiger partial charge in [-0.25, -0.2) is 4.98 Å². The summed E-state index contributed by atoms with van der Waals surface area (Å²) in [4.78, 5) is 19.3. The molecule has 7 aliphatic rings. The van der Waals surface area contributed by atoms with E-state index in [2.05, 4.69) is 39.6 Å². The minimum atomic E-state index is -1.26. The maximum Gasteiger partial charge on any atom is 0.290 e. The van der Waals surface area contributed by atoms with Crippen LogP contribution in [0, 0.1) is 50.7 Å². The fraction of sp³-hybridized carbons (Fsp3) is 0.897. The first-order valence-electron chi connectivity index (χ1n) is 19.2. The number of hydrogen-bond donors (Lipinski definition) is 3. The lowest BCUT2D eigenvalue weighted by atomic mass is 9.41. The van der Waals surface area contributed by atoms with Crippen molar-refractivity contribution in [3.05, 3.63) is 18.2 Å². The number of carbonyl (C=O) groups excluding carboxylic acids is 1. The molecule has 7 fully saturated rings. The zero-order chi connectivity index (χ0) is 35.1. The van der Waals surface area contributed by atoms with E-state index >= 15 is 0 Å². The van der Waals surface area contributed by atoms with Crippen LogP contribution in [0.2, 0.25) is 0 Å². The number of aliphatic hydroxyl groups excluding tert-OH is 2. The number of morpholine rings is 1. The van der Waals surface area contributed by atoms with Gasteiger partial charge >= 0.3 is 0 Å². The van der Waals surface area contributed by atoms with Crippen LogP contribution in [0.4, 0.5) is 0 Å². The molecule has 2 saturated heterocycles. The highest BCUT2D eigenvalue weighted by Crippen LogP contribution is 2.89. The third-order valence-electron chi connectivity index (χ3n) is 16.5. The number of aromatic nitrogens is 2. The Morgan fingerprint density at radius 3 is 2.51 bits per heavy atom. The third-order valence-corrected chi connectivity index (χ3v) is 16.5. The molecule has 1 aromatic rings. The topological polar surface area (TPSA) is 127 Å². The lowest BCUT2D eigenvalue weighted by molar-refractivity contribution is -0.245. The highest BCUT2D eigenvalue weighted by molar-refractivity contribution is 5.90. The van der Waals surface area contributed by atoms with Gasteiger partial charge in [-0.15, -0.1) is 0 Å². The van der Waals surface area contributed by atoms with Crippen molar-refractivity contribution in [3.8, 4) is 0 Å². The van der Waals surface area contributed by atoms with Gasteiger partial charge in [-0.2, -0.15) is 0 Å². The molecule has 8 rings (SSSR count). The molecule has 2 spiro atoms. The van der Waals surface area contributed by atoms with Crippen molar-refractivity contribution in [2.24, 2.45) is 57.8 Å². The van der Waals surface area contributed by atoms with Crippen molar-refractivity contribution in [2.75, 3.05) is 19.7 Å². The van der Waals surface area contributed by atoms with E-state index in [0.717, 1.165) is 32.1 Å². The summed E-state index contributed by atoms with van der Waals surface area (Å²) in [5.74, 6) is 1.81. The predicted molar refractivity (Wildman–Crippen MR) is 182 cm³/mol. The van der Waals surface area contributed by atoms with Gasteiger partial charge < -0.3 is 39.0 Å². The molecule has 8 unspecified atom stereocenters. The fourth-order valence-corrected chi connectivity index (χ4v) is 14.0. The molecule has 14 atom stereocenters. The summed E-state index contributed by atoms with van der Waals surface area (Å²) in [6, 6.07) is 0. The number of amides is 1. The molecule has 49 heavy (non-hydrogen) atoms. The van der Waals surface area contributed by atoms with Crippen LogP contribution in [-0.2, 0) is 21.3 Å². The van der Waals surface area contributed by atoms with Crippen LogP contribution in [0.3, 0.4) is 0 Å². The van der Waals surface area contributed by atoms with E-state index in [0.29, 0.717) is 43.8 Å². The molecule has 5 saturated carbocycles. The molecule has 1 aromatic heterocycles. The van der Waals surface area contributed by atoms with E-state index in [4.69, 9.17) is 14.2 Å². The molecule has 0 radical (unpaired) electrons. The molecule has 1 amide bonds. The van der Waals surface area contributed by atoms with E-state index in [1.54, 1.807) is 30.8 Å². The number of rotatable bonds is 5. The predicted octanol–water partition coefficient (Wildman–Crippen LogP) is 4.55. The molecule has 10 heteroatoms. The van der Waals surface area contributed by atoms with Crippen LogP contribution in [0.1, 0.15) is 110 Å². The highest BCUT2D eigenvalue weighted by Gasteiger charge is 2.84. The molecule has 0 bridgehead atoms. The number of aliphatic hydroxyl groups is 3. The molecule has 2 aliphatic heterocycles. The Labute approximate surface area is 292 Å². The summed E-state index contributed by atoms with van der Waals surface area (Å²) >= 11 is 0. The summed E-state index contributed by atoms with van der Waals surface area (Å²) in [5.41, 5.74) is -1.17. The first kappa shape index (κ1) is 34.5. The van der Waals surface area contributed by atoms with E-state index in [1.165, 1.54) is 12.8 Å². The van der Waals surface area contributed by atoms with Crippen molar-refractivity contribution in [1.29, 1.82) is 0 Å². The lowest BCUT2D eigenvalue weighted by Gasteiger charge is -2.64. The first-order chi connectivity index (χ1) is 22.9. The number of aryl methyl sites for hydroxylation is 1. The Morgan fingerprint density at radius 1 is 1.10 bits per heavy atom. The van der Waals surface area contributed by atoms with Gasteiger partial charge in [0.05, 0.1) is 43.2 Å². The Hall–Kier alpha value is -1.56. The molecule has 3 N–H and O–H groups in total. The number of carbonyl (C=O) groups is 1.